The third-order valence-electron chi connectivity index (χ3n) is 5.62. The minimum absolute atomic E-state index is 0.138. The van der Waals surface area contributed by atoms with Crippen LogP contribution in [0.2, 0.25) is 0 Å². The van der Waals surface area contributed by atoms with E-state index in [2.05, 4.69) is 19.2 Å². The summed E-state index contributed by atoms with van der Waals surface area (Å²) in [7, 11) is 0. The molecule has 19 heavy (non-hydrogen) atoms. The molecule has 2 rings (SSSR count). The molecule has 3 nitrogen and oxygen atoms in total. The molecule has 0 radical (unpaired) electrons. The van der Waals surface area contributed by atoms with Crippen LogP contribution in [0.25, 0.3) is 0 Å². The van der Waals surface area contributed by atoms with E-state index in [1.165, 1.54) is 32.1 Å². The average Bonchev–Trinajstić information content (AvgIpc) is 2.88. The quantitative estimate of drug-likeness (QED) is 0.822. The van der Waals surface area contributed by atoms with Gasteiger partial charge in [-0.15, -0.1) is 0 Å². The number of rotatable bonds is 4. The van der Waals surface area contributed by atoms with E-state index in [1.54, 1.807) is 0 Å². The van der Waals surface area contributed by atoms with Crippen LogP contribution >= 0.6 is 0 Å². The first-order valence-electron chi connectivity index (χ1n) is 8.09. The van der Waals surface area contributed by atoms with Crippen molar-refractivity contribution in [2.45, 2.75) is 71.3 Å². The van der Waals surface area contributed by atoms with E-state index in [9.17, 15) is 4.79 Å². The number of amides is 1. The van der Waals surface area contributed by atoms with Gasteiger partial charge in [-0.3, -0.25) is 4.79 Å². The molecule has 0 aromatic heterocycles. The summed E-state index contributed by atoms with van der Waals surface area (Å²) in [6.07, 6.45) is 9.44. The molecular formula is C16H30N2O. The van der Waals surface area contributed by atoms with E-state index >= 15 is 0 Å². The van der Waals surface area contributed by atoms with Gasteiger partial charge in [-0.1, -0.05) is 26.7 Å². The molecule has 0 saturated heterocycles. The molecule has 2 aliphatic carbocycles. The van der Waals surface area contributed by atoms with E-state index in [4.69, 9.17) is 5.73 Å². The Labute approximate surface area is 117 Å². The first-order chi connectivity index (χ1) is 9.06. The minimum atomic E-state index is 0.138. The molecule has 0 bridgehead atoms. The molecule has 0 aromatic carbocycles. The van der Waals surface area contributed by atoms with E-state index < -0.39 is 0 Å². The van der Waals surface area contributed by atoms with Crippen molar-refractivity contribution in [3.8, 4) is 0 Å². The van der Waals surface area contributed by atoms with Gasteiger partial charge in [0.05, 0.1) is 0 Å². The van der Waals surface area contributed by atoms with Gasteiger partial charge in [-0.2, -0.15) is 0 Å². The minimum Gasteiger partial charge on any atom is -0.355 e. The zero-order chi connectivity index (χ0) is 13.9. The predicted molar refractivity (Wildman–Crippen MR) is 78.7 cm³/mol. The van der Waals surface area contributed by atoms with Crippen molar-refractivity contribution in [3.63, 3.8) is 0 Å². The number of nitrogens with one attached hydrogen (secondary N) is 1. The maximum Gasteiger partial charge on any atom is 0.223 e. The van der Waals surface area contributed by atoms with Crippen LogP contribution in [0.5, 0.6) is 0 Å². The van der Waals surface area contributed by atoms with Gasteiger partial charge in [-0.25, -0.2) is 0 Å². The molecule has 2 saturated carbocycles. The van der Waals surface area contributed by atoms with Crippen LogP contribution in [0.3, 0.4) is 0 Å². The number of carbonyl (C=O) groups excluding carboxylic acids is 1. The Kier molecular flexibility index (Phi) is 4.88. The lowest BCUT2D eigenvalue weighted by molar-refractivity contribution is -0.128. The van der Waals surface area contributed by atoms with Crippen LogP contribution in [0.1, 0.15) is 65.2 Å². The Balaban J connectivity index is 1.86. The maximum atomic E-state index is 12.4. The number of nitrogens with two attached hydrogens (primary N) is 1. The Morgan fingerprint density at radius 2 is 2.00 bits per heavy atom. The van der Waals surface area contributed by atoms with Crippen molar-refractivity contribution >= 4 is 5.91 Å². The molecule has 110 valence electrons. The Morgan fingerprint density at radius 1 is 1.32 bits per heavy atom. The summed E-state index contributed by atoms with van der Waals surface area (Å²) in [6, 6.07) is 0.221. The highest BCUT2D eigenvalue weighted by atomic mass is 16.1. The lowest BCUT2D eigenvalue weighted by atomic mass is 9.77. The van der Waals surface area contributed by atoms with Gasteiger partial charge in [0.1, 0.15) is 0 Å². The second-order valence-electron chi connectivity index (χ2n) is 6.94. The summed E-state index contributed by atoms with van der Waals surface area (Å²) in [5.74, 6) is 0.877. The van der Waals surface area contributed by atoms with Crippen molar-refractivity contribution in [3.05, 3.63) is 0 Å². The fourth-order valence-corrected chi connectivity index (χ4v) is 3.91. The van der Waals surface area contributed by atoms with E-state index in [0.717, 1.165) is 25.8 Å². The molecule has 3 atom stereocenters. The Morgan fingerprint density at radius 3 is 2.63 bits per heavy atom. The maximum absolute atomic E-state index is 12.4. The fourth-order valence-electron chi connectivity index (χ4n) is 3.91. The summed E-state index contributed by atoms with van der Waals surface area (Å²) >= 11 is 0. The number of carbonyl (C=O) groups is 1. The first-order valence-corrected chi connectivity index (χ1v) is 8.09. The SMILES string of the molecule is CCC1(CNC(=O)C2CC(N)CCC2C)CCCC1. The molecule has 3 heteroatoms. The molecule has 0 heterocycles. The van der Waals surface area contributed by atoms with Gasteiger partial charge in [0.25, 0.3) is 0 Å². The molecule has 0 aromatic rings. The van der Waals surface area contributed by atoms with Crippen LogP contribution in [-0.4, -0.2) is 18.5 Å². The molecular weight excluding hydrogens is 236 g/mol. The van der Waals surface area contributed by atoms with Gasteiger partial charge < -0.3 is 11.1 Å². The lowest BCUT2D eigenvalue weighted by Crippen LogP contribution is -2.44. The van der Waals surface area contributed by atoms with Crippen molar-refractivity contribution in [2.75, 3.05) is 6.54 Å². The van der Waals surface area contributed by atoms with Gasteiger partial charge in [0.15, 0.2) is 0 Å². The monoisotopic (exact) mass is 266 g/mol. The summed E-state index contributed by atoms with van der Waals surface area (Å²) in [5.41, 5.74) is 6.40. The van der Waals surface area contributed by atoms with Gasteiger partial charge in [0.2, 0.25) is 5.91 Å². The van der Waals surface area contributed by atoms with E-state index in [-0.39, 0.29) is 17.9 Å². The zero-order valence-corrected chi connectivity index (χ0v) is 12.6. The zero-order valence-electron chi connectivity index (χ0n) is 12.6. The van der Waals surface area contributed by atoms with E-state index in [0.29, 0.717) is 11.3 Å². The fraction of sp³-hybridized carbons (Fsp3) is 0.938. The number of hydrogen-bond donors (Lipinski definition) is 2. The summed E-state index contributed by atoms with van der Waals surface area (Å²) < 4.78 is 0. The van der Waals surface area contributed by atoms with Gasteiger partial charge >= 0.3 is 0 Å². The van der Waals surface area contributed by atoms with Crippen molar-refractivity contribution in [2.24, 2.45) is 23.0 Å². The van der Waals surface area contributed by atoms with Crippen LogP contribution < -0.4 is 11.1 Å². The molecule has 2 aliphatic rings. The Bertz CT molecular complexity index is 310. The van der Waals surface area contributed by atoms with Gasteiger partial charge in [-0.05, 0) is 49.9 Å². The molecule has 3 unspecified atom stereocenters. The topological polar surface area (TPSA) is 55.1 Å². The predicted octanol–water partition coefficient (Wildman–Crippen LogP) is 2.84. The summed E-state index contributed by atoms with van der Waals surface area (Å²) in [4.78, 5) is 12.4. The van der Waals surface area contributed by atoms with Crippen molar-refractivity contribution < 1.29 is 4.79 Å². The lowest BCUT2D eigenvalue weighted by Gasteiger charge is -2.33. The van der Waals surface area contributed by atoms with Crippen LogP contribution in [0, 0.1) is 17.3 Å². The van der Waals surface area contributed by atoms with Crippen LogP contribution in [0.15, 0.2) is 0 Å². The van der Waals surface area contributed by atoms with Crippen LogP contribution in [0.4, 0.5) is 0 Å². The molecule has 0 aliphatic heterocycles. The standard InChI is InChI=1S/C16H30N2O/c1-3-16(8-4-5-9-16)11-18-15(19)14-10-13(17)7-6-12(14)2/h12-14H,3-11,17H2,1-2H3,(H,18,19). The normalized spacial score (nSPS) is 34.2. The van der Waals surface area contributed by atoms with Crippen molar-refractivity contribution in [1.82, 2.24) is 5.32 Å². The molecule has 0 spiro atoms. The highest BCUT2D eigenvalue weighted by molar-refractivity contribution is 5.79. The van der Waals surface area contributed by atoms with E-state index in [1.807, 2.05) is 0 Å². The second kappa shape index (κ2) is 6.25. The summed E-state index contributed by atoms with van der Waals surface area (Å²) in [6.45, 7) is 5.33. The second-order valence-corrected chi connectivity index (χ2v) is 6.94. The van der Waals surface area contributed by atoms with Crippen LogP contribution in [-0.2, 0) is 4.79 Å². The highest BCUT2D eigenvalue weighted by Crippen LogP contribution is 2.40. The van der Waals surface area contributed by atoms with Crippen molar-refractivity contribution in [1.29, 1.82) is 0 Å². The summed E-state index contributed by atoms with van der Waals surface area (Å²) in [5, 5.41) is 3.24. The first kappa shape index (κ1) is 14.8. The molecule has 2 fully saturated rings. The molecule has 3 N–H and O–H groups in total. The smallest absolute Gasteiger partial charge is 0.223 e. The third-order valence-corrected chi connectivity index (χ3v) is 5.62. The average molecular weight is 266 g/mol. The highest BCUT2D eigenvalue weighted by Gasteiger charge is 2.35. The number of hydrogen-bond acceptors (Lipinski definition) is 2. The third kappa shape index (κ3) is 3.50. The molecule has 1 amide bonds. The Hall–Kier alpha value is -0.570. The largest absolute Gasteiger partial charge is 0.355 e. The van der Waals surface area contributed by atoms with Gasteiger partial charge in [0, 0.05) is 18.5 Å².